The van der Waals surface area contributed by atoms with Gasteiger partial charge in [0.2, 0.25) is 5.43 Å². The maximum absolute atomic E-state index is 12.4. The van der Waals surface area contributed by atoms with E-state index in [1.807, 2.05) is 18.2 Å². The van der Waals surface area contributed by atoms with Gasteiger partial charge < -0.3 is 34.0 Å². The summed E-state index contributed by atoms with van der Waals surface area (Å²) in [4.78, 5) is 24.4. The fourth-order valence-corrected chi connectivity index (χ4v) is 4.17. The van der Waals surface area contributed by atoms with E-state index < -0.39 is 5.63 Å². The Morgan fingerprint density at radius 2 is 1.38 bits per heavy atom. The number of phenols is 4. The average Bonchev–Trinajstić information content (AvgIpc) is 2.94. The zero-order chi connectivity index (χ0) is 28.4. The third-order valence-corrected chi connectivity index (χ3v) is 6.15. The van der Waals surface area contributed by atoms with E-state index in [9.17, 15) is 30.0 Å². The molecule has 9 heteroatoms. The van der Waals surface area contributed by atoms with Crippen molar-refractivity contribution in [1.82, 2.24) is 0 Å². The van der Waals surface area contributed by atoms with Crippen LogP contribution in [0, 0.1) is 0 Å². The van der Waals surface area contributed by atoms with Crippen molar-refractivity contribution in [3.05, 3.63) is 112 Å². The zero-order valence-electron chi connectivity index (χ0n) is 21.0. The molecule has 0 radical (unpaired) electrons. The van der Waals surface area contributed by atoms with Gasteiger partial charge in [0.05, 0.1) is 23.6 Å². The van der Waals surface area contributed by atoms with Crippen LogP contribution in [-0.4, -0.2) is 27.5 Å². The maximum atomic E-state index is 12.4. The monoisotopic (exact) mass is 538 g/mol. The predicted molar refractivity (Wildman–Crippen MR) is 149 cm³/mol. The molecule has 0 saturated heterocycles. The van der Waals surface area contributed by atoms with E-state index in [1.165, 1.54) is 43.7 Å². The molecule has 6 rings (SSSR count). The molecule has 0 amide bonds. The largest absolute Gasteiger partial charge is 0.508 e. The summed E-state index contributed by atoms with van der Waals surface area (Å²) in [5, 5.41) is 38.9. The molecule has 0 bridgehead atoms. The van der Waals surface area contributed by atoms with Crippen molar-refractivity contribution in [2.75, 3.05) is 7.11 Å². The first kappa shape index (κ1) is 25.9. The minimum atomic E-state index is -0.527. The molecule has 2 heterocycles. The molecule has 2 aromatic heterocycles. The lowest BCUT2D eigenvalue weighted by molar-refractivity contribution is 0.407. The molecule has 0 saturated carbocycles. The summed E-state index contributed by atoms with van der Waals surface area (Å²) in [6, 6.07) is 22.2. The molecular formula is C31H22O9. The van der Waals surface area contributed by atoms with Crippen LogP contribution in [0.1, 0.15) is 0 Å². The van der Waals surface area contributed by atoms with Crippen LogP contribution in [0.3, 0.4) is 0 Å². The van der Waals surface area contributed by atoms with E-state index >= 15 is 0 Å². The highest BCUT2D eigenvalue weighted by atomic mass is 16.5. The Balaban J connectivity index is 0.000000162. The van der Waals surface area contributed by atoms with E-state index in [1.54, 1.807) is 30.3 Å². The van der Waals surface area contributed by atoms with Crippen LogP contribution in [-0.2, 0) is 0 Å². The molecule has 0 aliphatic carbocycles. The third kappa shape index (κ3) is 5.03. The first-order valence-corrected chi connectivity index (χ1v) is 11.9. The Labute approximate surface area is 226 Å². The van der Waals surface area contributed by atoms with Crippen molar-refractivity contribution < 1.29 is 34.0 Å². The van der Waals surface area contributed by atoms with Gasteiger partial charge in [-0.15, -0.1) is 0 Å². The van der Waals surface area contributed by atoms with E-state index in [0.29, 0.717) is 33.4 Å². The summed E-state index contributed by atoms with van der Waals surface area (Å²) in [6.07, 6.45) is 1.33. The standard InChI is InChI=1S/C16H12O5.C15H10O4/c1-20-11-6-14(18)13-8-12(16(19)21-15(13)7-11)9-2-4-10(17)5-3-9;16-10-6-12(17)14-13(7-10)19-8-11(15(14)18)9-4-2-1-3-5-9/h2-8,17-18H,1H3;1-8,16-17H. The van der Waals surface area contributed by atoms with E-state index in [-0.39, 0.29) is 45.0 Å². The number of ether oxygens (including phenoxy) is 1. The van der Waals surface area contributed by atoms with Gasteiger partial charge in [0.25, 0.3) is 0 Å². The molecule has 200 valence electrons. The summed E-state index contributed by atoms with van der Waals surface area (Å²) < 4.78 is 15.6. The quantitative estimate of drug-likeness (QED) is 0.206. The Hall–Kier alpha value is -5.70. The van der Waals surface area contributed by atoms with Crippen LogP contribution >= 0.6 is 0 Å². The fourth-order valence-electron chi connectivity index (χ4n) is 4.17. The molecule has 4 aromatic carbocycles. The molecule has 0 fully saturated rings. The second-order valence-electron chi connectivity index (χ2n) is 8.74. The molecule has 4 N–H and O–H groups in total. The van der Waals surface area contributed by atoms with Gasteiger partial charge in [0, 0.05) is 24.3 Å². The number of aromatic hydroxyl groups is 4. The summed E-state index contributed by atoms with van der Waals surface area (Å²) in [7, 11) is 1.46. The van der Waals surface area contributed by atoms with Crippen molar-refractivity contribution in [2.45, 2.75) is 0 Å². The van der Waals surface area contributed by atoms with E-state index in [4.69, 9.17) is 13.6 Å². The Morgan fingerprint density at radius 1 is 0.675 bits per heavy atom. The minimum absolute atomic E-state index is 0.0341. The SMILES string of the molecule is COc1cc(O)c2cc(-c3ccc(O)cc3)c(=O)oc2c1.O=c1c(-c2ccccc2)coc2cc(O)cc(O)c12. The first-order valence-electron chi connectivity index (χ1n) is 11.9. The number of methoxy groups -OCH3 is 1. The van der Waals surface area contributed by atoms with Gasteiger partial charge in [-0.05, 0) is 29.3 Å². The molecule has 40 heavy (non-hydrogen) atoms. The van der Waals surface area contributed by atoms with Gasteiger partial charge in [-0.2, -0.15) is 0 Å². The lowest BCUT2D eigenvalue weighted by Crippen LogP contribution is -2.04. The maximum Gasteiger partial charge on any atom is 0.344 e. The lowest BCUT2D eigenvalue weighted by Gasteiger charge is -2.06. The van der Waals surface area contributed by atoms with Gasteiger partial charge in [0.15, 0.2) is 0 Å². The van der Waals surface area contributed by atoms with Gasteiger partial charge in [-0.3, -0.25) is 4.79 Å². The third-order valence-electron chi connectivity index (χ3n) is 6.15. The summed E-state index contributed by atoms with van der Waals surface area (Å²) >= 11 is 0. The number of hydrogen-bond donors (Lipinski definition) is 4. The van der Waals surface area contributed by atoms with Gasteiger partial charge in [-0.25, -0.2) is 4.79 Å². The summed E-state index contributed by atoms with van der Waals surface area (Å²) in [6.45, 7) is 0. The number of fused-ring (bicyclic) bond motifs is 2. The van der Waals surface area contributed by atoms with Crippen molar-refractivity contribution >= 4 is 21.9 Å². The van der Waals surface area contributed by atoms with Crippen molar-refractivity contribution in [1.29, 1.82) is 0 Å². The lowest BCUT2D eigenvalue weighted by atomic mass is 10.1. The number of phenolic OH excluding ortho intramolecular Hbond substituents is 4. The molecule has 9 nitrogen and oxygen atoms in total. The van der Waals surface area contributed by atoms with Crippen molar-refractivity contribution in [2.24, 2.45) is 0 Å². The number of hydrogen-bond acceptors (Lipinski definition) is 9. The number of rotatable bonds is 3. The zero-order valence-corrected chi connectivity index (χ0v) is 21.0. The Kier molecular flexibility index (Phi) is 6.86. The second-order valence-corrected chi connectivity index (χ2v) is 8.74. The van der Waals surface area contributed by atoms with Crippen LogP contribution in [0.4, 0.5) is 0 Å². The fraction of sp³-hybridized carbons (Fsp3) is 0.0323. The summed E-state index contributed by atoms with van der Waals surface area (Å²) in [5.74, 6) is 0.0346. The highest BCUT2D eigenvalue weighted by Crippen LogP contribution is 2.32. The normalized spacial score (nSPS) is 10.7. The molecule has 0 aliphatic heterocycles. The highest BCUT2D eigenvalue weighted by Gasteiger charge is 2.14. The smallest absolute Gasteiger partial charge is 0.344 e. The van der Waals surface area contributed by atoms with Gasteiger partial charge in [0.1, 0.15) is 51.6 Å². The van der Waals surface area contributed by atoms with Crippen LogP contribution < -0.4 is 15.8 Å². The van der Waals surface area contributed by atoms with Gasteiger partial charge in [-0.1, -0.05) is 42.5 Å². The molecule has 0 atom stereocenters. The minimum Gasteiger partial charge on any atom is -0.508 e. The molecule has 0 spiro atoms. The van der Waals surface area contributed by atoms with Crippen LogP contribution in [0.5, 0.6) is 28.7 Å². The molecule has 6 aromatic rings. The first-order chi connectivity index (χ1) is 19.2. The highest BCUT2D eigenvalue weighted by molar-refractivity contribution is 5.89. The van der Waals surface area contributed by atoms with Gasteiger partial charge >= 0.3 is 5.63 Å². The molecule has 0 aliphatic rings. The molecule has 0 unspecified atom stereocenters. The Morgan fingerprint density at radius 3 is 2.08 bits per heavy atom. The van der Waals surface area contributed by atoms with Crippen LogP contribution in [0.2, 0.25) is 0 Å². The average molecular weight is 539 g/mol. The van der Waals surface area contributed by atoms with E-state index in [0.717, 1.165) is 6.07 Å². The topological polar surface area (TPSA) is 151 Å². The second kappa shape index (κ2) is 10.6. The van der Waals surface area contributed by atoms with Crippen LogP contribution in [0.25, 0.3) is 44.2 Å². The predicted octanol–water partition coefficient (Wildman–Crippen LogP) is 5.75. The number of benzene rings is 4. The Bertz CT molecular complexity index is 1960. The van der Waals surface area contributed by atoms with E-state index in [2.05, 4.69) is 0 Å². The van der Waals surface area contributed by atoms with Crippen molar-refractivity contribution in [3.8, 4) is 51.0 Å². The summed E-state index contributed by atoms with van der Waals surface area (Å²) in [5.41, 5.74) is 1.54. The van der Waals surface area contributed by atoms with Crippen LogP contribution in [0.15, 0.2) is 110 Å². The van der Waals surface area contributed by atoms with Crippen molar-refractivity contribution in [3.63, 3.8) is 0 Å². The molecular weight excluding hydrogens is 516 g/mol.